The lowest BCUT2D eigenvalue weighted by molar-refractivity contribution is -0.384. The molecule has 4 rings (SSSR count). The number of nitrogens with zero attached hydrogens (tertiary/aromatic N) is 4. The van der Waals surface area contributed by atoms with Crippen molar-refractivity contribution < 1.29 is 14.4 Å². The lowest BCUT2D eigenvalue weighted by atomic mass is 10.1. The van der Waals surface area contributed by atoms with Crippen molar-refractivity contribution in [2.45, 2.75) is 13.2 Å². The van der Waals surface area contributed by atoms with Crippen LogP contribution in [-0.4, -0.2) is 46.1 Å². The molecule has 2 aromatic carbocycles. The molecule has 8 nitrogen and oxygen atoms in total. The third kappa shape index (κ3) is 4.28. The first kappa shape index (κ1) is 19.1. The summed E-state index contributed by atoms with van der Waals surface area (Å²) in [6, 6.07) is 14.6. The summed E-state index contributed by atoms with van der Waals surface area (Å²) < 4.78 is 5.63. The summed E-state index contributed by atoms with van der Waals surface area (Å²) in [5.41, 5.74) is 3.12. The number of anilines is 1. The molecule has 1 saturated heterocycles. The minimum absolute atomic E-state index is 0.0656. The highest BCUT2D eigenvalue weighted by Crippen LogP contribution is 2.30. The van der Waals surface area contributed by atoms with E-state index in [9.17, 15) is 15.2 Å². The van der Waals surface area contributed by atoms with Crippen molar-refractivity contribution in [3.63, 3.8) is 0 Å². The lowest BCUT2D eigenvalue weighted by Crippen LogP contribution is -2.46. The number of benzene rings is 2. The maximum atomic E-state index is 11.4. The van der Waals surface area contributed by atoms with Crippen LogP contribution < -0.4 is 4.90 Å². The van der Waals surface area contributed by atoms with Gasteiger partial charge in [-0.25, -0.2) is 4.98 Å². The van der Waals surface area contributed by atoms with Crippen LogP contribution in [0.5, 0.6) is 0 Å². The second-order valence-corrected chi connectivity index (χ2v) is 6.99. The fourth-order valence-corrected chi connectivity index (χ4v) is 3.54. The molecule has 0 amide bonds. The van der Waals surface area contributed by atoms with Gasteiger partial charge in [0.05, 0.1) is 18.1 Å². The molecule has 1 N–H and O–H groups in total. The maximum absolute atomic E-state index is 11.4. The molecule has 1 aromatic heterocycles. The predicted molar refractivity (Wildman–Crippen MR) is 108 cm³/mol. The molecule has 1 fully saturated rings. The van der Waals surface area contributed by atoms with Crippen molar-refractivity contribution in [1.29, 1.82) is 0 Å². The number of nitro groups is 1. The summed E-state index contributed by atoms with van der Waals surface area (Å²) >= 11 is 0. The smallest absolute Gasteiger partial charge is 0.292 e. The van der Waals surface area contributed by atoms with E-state index < -0.39 is 0 Å². The van der Waals surface area contributed by atoms with Crippen molar-refractivity contribution in [3.8, 4) is 11.3 Å². The molecule has 3 aromatic rings. The third-order valence-corrected chi connectivity index (χ3v) is 5.11. The largest absolute Gasteiger partial charge is 0.447 e. The van der Waals surface area contributed by atoms with E-state index in [0.717, 1.165) is 24.3 Å². The Hall–Kier alpha value is -3.23. The highest BCUT2D eigenvalue weighted by Gasteiger charge is 2.24. The minimum atomic E-state index is -0.374. The van der Waals surface area contributed by atoms with Crippen molar-refractivity contribution in [1.82, 2.24) is 9.88 Å². The molecule has 0 unspecified atom stereocenters. The second-order valence-electron chi connectivity index (χ2n) is 6.99. The molecule has 1 aliphatic heterocycles. The SMILES string of the molecule is O=[N+]([O-])c1ccc(CO)cc1N1CCN(Cc2nc(-c3ccccc3)co2)CC1. The number of aliphatic hydroxyl groups is 1. The van der Waals surface area contributed by atoms with Crippen LogP contribution in [0.15, 0.2) is 59.2 Å². The van der Waals surface area contributed by atoms with Crippen molar-refractivity contribution in [2.75, 3.05) is 31.1 Å². The topological polar surface area (TPSA) is 95.9 Å². The van der Waals surface area contributed by atoms with Crippen molar-refractivity contribution in [3.05, 3.63) is 76.4 Å². The molecule has 0 radical (unpaired) electrons. The van der Waals surface area contributed by atoms with Gasteiger partial charge in [-0.3, -0.25) is 15.0 Å². The first-order valence-corrected chi connectivity index (χ1v) is 9.49. The van der Waals surface area contributed by atoms with Gasteiger partial charge in [0.2, 0.25) is 5.89 Å². The molecule has 0 atom stereocenters. The number of aromatic nitrogens is 1. The highest BCUT2D eigenvalue weighted by molar-refractivity contribution is 5.65. The van der Waals surface area contributed by atoms with Crippen LogP contribution in [0, 0.1) is 10.1 Å². The Morgan fingerprint density at radius 1 is 1.10 bits per heavy atom. The van der Waals surface area contributed by atoms with Gasteiger partial charge >= 0.3 is 0 Å². The Labute approximate surface area is 168 Å². The standard InChI is InChI=1S/C21H22N4O4/c26-14-16-6-7-19(25(27)28)20(12-16)24-10-8-23(9-11-24)13-21-22-18(15-29-21)17-4-2-1-3-5-17/h1-7,12,15,26H,8-11,13-14H2. The molecule has 29 heavy (non-hydrogen) atoms. The highest BCUT2D eigenvalue weighted by atomic mass is 16.6. The lowest BCUT2D eigenvalue weighted by Gasteiger charge is -2.35. The first-order chi connectivity index (χ1) is 14.1. The molecule has 2 heterocycles. The average molecular weight is 394 g/mol. The quantitative estimate of drug-likeness (QED) is 0.507. The molecule has 0 bridgehead atoms. The number of piperazine rings is 1. The fraction of sp³-hybridized carbons (Fsp3) is 0.286. The van der Waals surface area contributed by atoms with Gasteiger partial charge in [-0.05, 0) is 17.7 Å². The van der Waals surface area contributed by atoms with E-state index in [4.69, 9.17) is 4.42 Å². The summed E-state index contributed by atoms with van der Waals surface area (Å²) in [6.45, 7) is 3.25. The normalized spacial score (nSPS) is 14.9. The van der Waals surface area contributed by atoms with E-state index in [2.05, 4.69) is 9.88 Å². The Bertz CT molecular complexity index is 981. The summed E-state index contributed by atoms with van der Waals surface area (Å²) in [6.07, 6.45) is 1.67. The van der Waals surface area contributed by atoms with E-state index in [1.165, 1.54) is 6.07 Å². The third-order valence-electron chi connectivity index (χ3n) is 5.11. The molecule has 8 heteroatoms. The van der Waals surface area contributed by atoms with Crippen LogP contribution in [0.4, 0.5) is 11.4 Å². The van der Waals surface area contributed by atoms with Crippen LogP contribution >= 0.6 is 0 Å². The second kappa shape index (κ2) is 8.42. The number of rotatable bonds is 6. The monoisotopic (exact) mass is 394 g/mol. The van der Waals surface area contributed by atoms with Gasteiger partial charge in [-0.1, -0.05) is 30.3 Å². The summed E-state index contributed by atoms with van der Waals surface area (Å²) in [5.74, 6) is 0.658. The number of hydrogen-bond acceptors (Lipinski definition) is 7. The van der Waals surface area contributed by atoms with Gasteiger partial charge in [0.25, 0.3) is 5.69 Å². The summed E-state index contributed by atoms with van der Waals surface area (Å²) in [7, 11) is 0. The van der Waals surface area contributed by atoms with Crippen molar-refractivity contribution in [2.24, 2.45) is 0 Å². The van der Waals surface area contributed by atoms with Crippen LogP contribution in [0.25, 0.3) is 11.3 Å². The van der Waals surface area contributed by atoms with Gasteiger partial charge in [0.15, 0.2) is 0 Å². The van der Waals surface area contributed by atoms with Crippen LogP contribution in [0.1, 0.15) is 11.5 Å². The number of aliphatic hydroxyl groups excluding tert-OH is 1. The van der Waals surface area contributed by atoms with Gasteiger partial charge < -0.3 is 14.4 Å². The first-order valence-electron chi connectivity index (χ1n) is 9.49. The molecular formula is C21H22N4O4. The zero-order chi connectivity index (χ0) is 20.2. The van der Waals surface area contributed by atoms with E-state index >= 15 is 0 Å². The van der Waals surface area contributed by atoms with Crippen LogP contribution in [0.2, 0.25) is 0 Å². The summed E-state index contributed by atoms with van der Waals surface area (Å²) in [4.78, 5) is 19.8. The Morgan fingerprint density at radius 2 is 1.86 bits per heavy atom. The number of hydrogen-bond donors (Lipinski definition) is 1. The van der Waals surface area contributed by atoms with E-state index in [-0.39, 0.29) is 17.2 Å². The average Bonchev–Trinajstić information content (AvgIpc) is 3.23. The zero-order valence-electron chi connectivity index (χ0n) is 15.9. The van der Waals surface area contributed by atoms with Gasteiger partial charge in [-0.15, -0.1) is 0 Å². The Balaban J connectivity index is 1.40. The van der Waals surface area contributed by atoms with Crippen molar-refractivity contribution >= 4 is 11.4 Å². The van der Waals surface area contributed by atoms with E-state index in [0.29, 0.717) is 36.8 Å². The molecule has 150 valence electrons. The van der Waals surface area contributed by atoms with E-state index in [1.807, 2.05) is 35.2 Å². The molecule has 1 aliphatic rings. The van der Waals surface area contributed by atoms with E-state index in [1.54, 1.807) is 18.4 Å². The number of nitro benzene ring substituents is 1. The molecule has 0 aliphatic carbocycles. The van der Waals surface area contributed by atoms with Gasteiger partial charge in [0.1, 0.15) is 17.6 Å². The predicted octanol–water partition coefficient (Wildman–Crippen LogP) is 3.06. The Kier molecular flexibility index (Phi) is 5.55. The molecule has 0 saturated carbocycles. The van der Waals surface area contributed by atoms with Gasteiger partial charge in [0, 0.05) is 37.8 Å². The molecule has 0 spiro atoms. The van der Waals surface area contributed by atoms with Crippen LogP contribution in [0.3, 0.4) is 0 Å². The van der Waals surface area contributed by atoms with Gasteiger partial charge in [-0.2, -0.15) is 0 Å². The number of oxazole rings is 1. The zero-order valence-corrected chi connectivity index (χ0v) is 15.9. The maximum Gasteiger partial charge on any atom is 0.292 e. The van der Waals surface area contributed by atoms with Crippen LogP contribution in [-0.2, 0) is 13.2 Å². The summed E-state index contributed by atoms with van der Waals surface area (Å²) in [5, 5.41) is 20.7. The molecular weight excluding hydrogens is 372 g/mol. The fourth-order valence-electron chi connectivity index (χ4n) is 3.54. The Morgan fingerprint density at radius 3 is 2.55 bits per heavy atom. The minimum Gasteiger partial charge on any atom is -0.447 e.